The van der Waals surface area contributed by atoms with Crippen LogP contribution in [0.2, 0.25) is 0 Å². The maximum Gasteiger partial charge on any atom is 0.166 e. The largest absolute Gasteiger partial charge is 0.497 e. The Kier molecular flexibility index (Phi) is 7.44. The second-order valence-corrected chi connectivity index (χ2v) is 13.2. The van der Waals surface area contributed by atoms with Crippen molar-refractivity contribution in [3.8, 4) is 11.5 Å². The minimum Gasteiger partial charge on any atom is -0.497 e. The molecule has 8 nitrogen and oxygen atoms in total. The summed E-state index contributed by atoms with van der Waals surface area (Å²) in [5.41, 5.74) is 3.03. The number of nitrogens with one attached hydrogen (secondary N) is 1. The fraction of sp³-hybridized carbons (Fsp3) is 0.467. The first-order chi connectivity index (χ1) is 19.0. The maximum atomic E-state index is 13.5. The van der Waals surface area contributed by atoms with E-state index in [1.54, 1.807) is 13.3 Å². The van der Waals surface area contributed by atoms with Crippen LogP contribution in [-0.4, -0.2) is 66.2 Å². The van der Waals surface area contributed by atoms with Gasteiger partial charge in [-0.2, -0.15) is 0 Å². The predicted octanol–water partition coefficient (Wildman–Crippen LogP) is 5.31. The molecule has 206 valence electrons. The minimum atomic E-state index is -3.21. The highest BCUT2D eigenvalue weighted by Crippen LogP contribution is 2.40. The molecule has 39 heavy (non-hydrogen) atoms. The highest BCUT2D eigenvalue weighted by atomic mass is 32.2. The number of aromatic amines is 1. The SMILES string of the molecule is COc1ccc(OCC2CCCN(CS(=O)(=O)C3CCC(c4cc[nH]c5cnc6nccc6c45)CC3)C2)cc1. The van der Waals surface area contributed by atoms with Crippen molar-refractivity contribution >= 4 is 31.8 Å². The van der Waals surface area contributed by atoms with Crippen molar-refractivity contribution in [2.24, 2.45) is 5.92 Å². The Balaban J connectivity index is 1.06. The molecule has 1 aliphatic carbocycles. The zero-order valence-electron chi connectivity index (χ0n) is 22.4. The van der Waals surface area contributed by atoms with E-state index >= 15 is 0 Å². The van der Waals surface area contributed by atoms with E-state index in [1.165, 1.54) is 10.9 Å². The summed E-state index contributed by atoms with van der Waals surface area (Å²) in [6.45, 7) is 2.19. The van der Waals surface area contributed by atoms with Crippen molar-refractivity contribution in [1.29, 1.82) is 0 Å². The zero-order chi connectivity index (χ0) is 26.8. The predicted molar refractivity (Wildman–Crippen MR) is 153 cm³/mol. The molecule has 0 amide bonds. The lowest BCUT2D eigenvalue weighted by Crippen LogP contribution is -2.43. The molecule has 1 aromatic carbocycles. The molecule has 1 N–H and O–H groups in total. The molecule has 4 heterocycles. The number of sulfone groups is 1. The number of methoxy groups -OCH3 is 1. The van der Waals surface area contributed by atoms with Crippen LogP contribution in [0, 0.1) is 5.92 Å². The van der Waals surface area contributed by atoms with Crippen LogP contribution in [0.15, 0.2) is 55.0 Å². The number of pyridine rings is 2. The van der Waals surface area contributed by atoms with E-state index in [9.17, 15) is 8.42 Å². The molecule has 3 aromatic heterocycles. The summed E-state index contributed by atoms with van der Waals surface area (Å²) < 4.78 is 38.2. The number of ether oxygens (including phenoxy) is 2. The molecule has 4 aromatic rings. The number of piperidine rings is 1. The summed E-state index contributed by atoms with van der Waals surface area (Å²) in [7, 11) is -1.56. The van der Waals surface area contributed by atoms with Crippen LogP contribution in [0.5, 0.6) is 11.5 Å². The third-order valence-electron chi connectivity index (χ3n) is 8.46. The average molecular weight is 549 g/mol. The summed E-state index contributed by atoms with van der Waals surface area (Å²) in [5, 5.41) is 1.96. The lowest BCUT2D eigenvalue weighted by atomic mass is 9.82. The van der Waals surface area contributed by atoms with Gasteiger partial charge in [-0.3, -0.25) is 4.90 Å². The van der Waals surface area contributed by atoms with Gasteiger partial charge in [0.15, 0.2) is 15.5 Å². The average Bonchev–Trinajstić information content (AvgIpc) is 3.46. The first kappa shape index (κ1) is 26.1. The first-order valence-electron chi connectivity index (χ1n) is 13.9. The van der Waals surface area contributed by atoms with Crippen molar-refractivity contribution in [1.82, 2.24) is 19.9 Å². The van der Waals surface area contributed by atoms with Crippen LogP contribution in [0.3, 0.4) is 0 Å². The summed E-state index contributed by atoms with van der Waals surface area (Å²) in [4.78, 5) is 14.3. The molecule has 1 unspecified atom stereocenters. The Morgan fingerprint density at radius 1 is 1.00 bits per heavy atom. The monoisotopic (exact) mass is 548 g/mol. The number of benzene rings is 1. The van der Waals surface area contributed by atoms with Gasteiger partial charge in [0, 0.05) is 35.6 Å². The van der Waals surface area contributed by atoms with E-state index in [4.69, 9.17) is 9.47 Å². The van der Waals surface area contributed by atoms with Gasteiger partial charge in [0.05, 0.1) is 30.7 Å². The van der Waals surface area contributed by atoms with Gasteiger partial charge >= 0.3 is 0 Å². The Morgan fingerprint density at radius 2 is 1.79 bits per heavy atom. The van der Waals surface area contributed by atoms with E-state index in [0.717, 1.165) is 66.8 Å². The van der Waals surface area contributed by atoms with Gasteiger partial charge in [-0.15, -0.1) is 0 Å². The molecule has 0 bridgehead atoms. The van der Waals surface area contributed by atoms with Crippen molar-refractivity contribution in [2.45, 2.75) is 49.7 Å². The standard InChI is InChI=1S/C30H36N4O4S/c1-37-23-6-8-24(9-7-23)38-19-21-3-2-16-34(18-21)20-39(35,36)25-10-4-22(5-11-25)26-12-14-31-28-17-33-30-27(29(26)28)13-15-32-30/h6-9,12-15,17,21-22,25,31H,2-5,10-11,16,18-20H2,1H3. The molecule has 9 heteroatoms. The molecule has 1 saturated heterocycles. The Hall–Kier alpha value is -3.17. The Labute approximate surface area is 229 Å². The molecule has 0 radical (unpaired) electrons. The maximum absolute atomic E-state index is 13.5. The quantitative estimate of drug-likeness (QED) is 0.319. The number of nitrogens with zero attached hydrogens (tertiary/aromatic N) is 3. The summed E-state index contributed by atoms with van der Waals surface area (Å²) >= 11 is 0. The Bertz CT molecular complexity index is 1530. The number of likely N-dealkylation sites (tertiary alicyclic amines) is 1. The van der Waals surface area contributed by atoms with Crippen LogP contribution >= 0.6 is 0 Å². The van der Waals surface area contributed by atoms with Gasteiger partial charge in [0.1, 0.15) is 17.4 Å². The van der Waals surface area contributed by atoms with Crippen LogP contribution in [0.4, 0.5) is 0 Å². The number of aromatic nitrogens is 3. The lowest BCUT2D eigenvalue weighted by molar-refractivity contribution is 0.144. The number of fused-ring (bicyclic) bond motifs is 3. The topological polar surface area (TPSA) is 97.4 Å². The Morgan fingerprint density at radius 3 is 2.59 bits per heavy atom. The van der Waals surface area contributed by atoms with Gasteiger partial charge in [0.2, 0.25) is 0 Å². The molecule has 2 aliphatic rings. The molecule has 2 fully saturated rings. The normalized spacial score (nSPS) is 22.7. The van der Waals surface area contributed by atoms with E-state index in [1.807, 2.05) is 42.7 Å². The molecular formula is C30H36N4O4S. The van der Waals surface area contributed by atoms with Crippen LogP contribution < -0.4 is 9.47 Å². The highest BCUT2D eigenvalue weighted by Gasteiger charge is 2.34. The second-order valence-electron chi connectivity index (χ2n) is 11.0. The summed E-state index contributed by atoms with van der Waals surface area (Å²) in [6, 6.07) is 11.8. The third kappa shape index (κ3) is 5.61. The number of rotatable bonds is 8. The van der Waals surface area contributed by atoms with Gasteiger partial charge in [-0.25, -0.2) is 18.4 Å². The molecular weight excluding hydrogens is 512 g/mol. The zero-order valence-corrected chi connectivity index (χ0v) is 23.2. The van der Waals surface area contributed by atoms with Gasteiger partial charge < -0.3 is 14.5 Å². The summed E-state index contributed by atoms with van der Waals surface area (Å²) in [5.74, 6) is 2.43. The first-order valence-corrected chi connectivity index (χ1v) is 15.6. The highest BCUT2D eigenvalue weighted by molar-refractivity contribution is 7.91. The smallest absolute Gasteiger partial charge is 0.166 e. The van der Waals surface area contributed by atoms with Crippen LogP contribution in [-0.2, 0) is 9.84 Å². The van der Waals surface area contributed by atoms with E-state index < -0.39 is 9.84 Å². The van der Waals surface area contributed by atoms with Gasteiger partial charge in [0.25, 0.3) is 0 Å². The number of hydrogen-bond donors (Lipinski definition) is 1. The molecule has 1 saturated carbocycles. The van der Waals surface area contributed by atoms with Gasteiger partial charge in [-0.1, -0.05) is 0 Å². The van der Waals surface area contributed by atoms with Crippen molar-refractivity contribution < 1.29 is 17.9 Å². The number of hydrogen-bond acceptors (Lipinski definition) is 7. The van der Waals surface area contributed by atoms with Gasteiger partial charge in [-0.05, 0) is 92.9 Å². The molecule has 1 aliphatic heterocycles. The number of H-pyrrole nitrogens is 1. The molecule has 0 spiro atoms. The van der Waals surface area contributed by atoms with Crippen LogP contribution in [0.25, 0.3) is 21.9 Å². The lowest BCUT2D eigenvalue weighted by Gasteiger charge is -2.35. The van der Waals surface area contributed by atoms with E-state index in [0.29, 0.717) is 31.3 Å². The third-order valence-corrected chi connectivity index (χ3v) is 10.7. The van der Waals surface area contributed by atoms with Crippen molar-refractivity contribution in [2.75, 3.05) is 32.7 Å². The van der Waals surface area contributed by atoms with E-state index in [-0.39, 0.29) is 11.1 Å². The fourth-order valence-corrected chi connectivity index (χ4v) is 8.35. The molecule has 6 rings (SSSR count). The van der Waals surface area contributed by atoms with E-state index in [2.05, 4.69) is 25.9 Å². The second kappa shape index (κ2) is 11.1. The summed E-state index contributed by atoms with van der Waals surface area (Å²) in [6.07, 6.45) is 10.8. The minimum absolute atomic E-state index is 0.149. The van der Waals surface area contributed by atoms with Crippen molar-refractivity contribution in [3.05, 3.63) is 60.6 Å². The van der Waals surface area contributed by atoms with Crippen LogP contribution in [0.1, 0.15) is 50.0 Å². The molecule has 1 atom stereocenters. The fourth-order valence-electron chi connectivity index (χ4n) is 6.41. The van der Waals surface area contributed by atoms with Crippen molar-refractivity contribution in [3.63, 3.8) is 0 Å².